The van der Waals surface area contributed by atoms with E-state index in [1.165, 1.54) is 25.6 Å². The highest BCUT2D eigenvalue weighted by molar-refractivity contribution is 8.00. The van der Waals surface area contributed by atoms with E-state index in [1.54, 1.807) is 41.5 Å². The van der Waals surface area contributed by atoms with Crippen molar-refractivity contribution >= 4 is 75.6 Å². The molecule has 15 nitrogen and oxygen atoms in total. The Hall–Kier alpha value is -3.44. The number of anilines is 1. The second-order valence-electron chi connectivity index (χ2n) is 11.8. The Kier molecular flexibility index (Phi) is 10.0. The molecule has 1 saturated heterocycles. The number of carboxylic acids is 1. The highest BCUT2D eigenvalue weighted by Gasteiger charge is 2.54. The molecule has 43 heavy (non-hydrogen) atoms. The van der Waals surface area contributed by atoms with Crippen LogP contribution in [-0.4, -0.2) is 94.8 Å². The van der Waals surface area contributed by atoms with Gasteiger partial charge in [-0.05, 0) is 61.0 Å². The predicted molar refractivity (Wildman–Crippen MR) is 158 cm³/mol. The minimum Gasteiger partial charge on any atom is -0.477 e. The summed E-state index contributed by atoms with van der Waals surface area (Å²) in [7, 11) is 0. The van der Waals surface area contributed by atoms with Gasteiger partial charge in [-0.15, -0.1) is 23.4 Å². The van der Waals surface area contributed by atoms with Crippen LogP contribution in [0.1, 0.15) is 61.2 Å². The van der Waals surface area contributed by atoms with Gasteiger partial charge in [0, 0.05) is 23.2 Å². The molecule has 2 aliphatic heterocycles. The molecule has 3 N–H and O–H groups in total. The molecule has 1 unspecified atom stereocenters. The Morgan fingerprint density at radius 1 is 1.09 bits per heavy atom. The summed E-state index contributed by atoms with van der Waals surface area (Å²) in [5, 5.41) is 17.7. The van der Waals surface area contributed by atoms with Crippen molar-refractivity contribution in [3.05, 3.63) is 17.1 Å². The number of hydrogen-bond donors (Lipinski definition) is 3. The number of aromatic nitrogens is 2. The quantitative estimate of drug-likeness (QED) is 0.115. The van der Waals surface area contributed by atoms with E-state index in [-0.39, 0.29) is 28.3 Å². The first-order valence-electron chi connectivity index (χ1n) is 12.8. The highest BCUT2D eigenvalue weighted by atomic mass is 35.5. The van der Waals surface area contributed by atoms with Gasteiger partial charge in [0.1, 0.15) is 28.3 Å². The zero-order valence-corrected chi connectivity index (χ0v) is 27.2. The number of amides is 3. The lowest BCUT2D eigenvalue weighted by Gasteiger charge is -2.49. The Morgan fingerprint density at radius 3 is 2.28 bits per heavy atom. The average molecular weight is 661 g/mol. The summed E-state index contributed by atoms with van der Waals surface area (Å²) in [5.41, 5.74) is -3.64. The smallest absolute Gasteiger partial charge is 0.414 e. The second kappa shape index (κ2) is 12.7. The molecule has 236 valence electrons. The molecule has 0 aliphatic carbocycles. The third-order valence-corrected chi connectivity index (χ3v) is 7.71. The van der Waals surface area contributed by atoms with Crippen LogP contribution < -0.4 is 10.6 Å². The van der Waals surface area contributed by atoms with Gasteiger partial charge >= 0.3 is 18.0 Å². The number of carbonyl (C=O) groups is 5. The lowest BCUT2D eigenvalue weighted by Crippen LogP contribution is -2.71. The van der Waals surface area contributed by atoms with Crippen molar-refractivity contribution < 1.29 is 43.4 Å². The minimum atomic E-state index is -1.66. The Bertz CT molecular complexity index is 1380. The summed E-state index contributed by atoms with van der Waals surface area (Å²) in [6.45, 7) is 12.8. The van der Waals surface area contributed by atoms with E-state index in [9.17, 15) is 29.1 Å². The Labute approximate surface area is 260 Å². The lowest BCUT2D eigenvalue weighted by atomic mass is 10.0. The van der Waals surface area contributed by atoms with Crippen LogP contribution in [0.5, 0.6) is 0 Å². The first-order valence-corrected chi connectivity index (χ1v) is 15.2. The molecule has 0 spiro atoms. The second-order valence-corrected chi connectivity index (χ2v) is 14.0. The fourth-order valence-corrected chi connectivity index (χ4v) is 5.77. The highest BCUT2D eigenvalue weighted by Crippen LogP contribution is 2.40. The van der Waals surface area contributed by atoms with Gasteiger partial charge < -0.3 is 24.7 Å². The van der Waals surface area contributed by atoms with Crippen LogP contribution in [0.2, 0.25) is 0 Å². The number of oxime groups is 1. The number of nitrogens with zero attached hydrogens (tertiary/aromatic N) is 4. The zero-order chi connectivity index (χ0) is 32.5. The van der Waals surface area contributed by atoms with Crippen molar-refractivity contribution in [2.75, 3.05) is 16.9 Å². The van der Waals surface area contributed by atoms with E-state index in [4.69, 9.17) is 25.9 Å². The maximum atomic E-state index is 13.5. The van der Waals surface area contributed by atoms with Crippen LogP contribution >= 0.6 is 34.9 Å². The number of nitrogens with one attached hydrogen (secondary N) is 2. The van der Waals surface area contributed by atoms with E-state index in [0.29, 0.717) is 17.1 Å². The summed E-state index contributed by atoms with van der Waals surface area (Å²) in [4.78, 5) is 73.8. The molecule has 2 atom stereocenters. The van der Waals surface area contributed by atoms with E-state index in [2.05, 4.69) is 25.1 Å². The number of ether oxygens (including phenoxy) is 2. The molecule has 1 aromatic heterocycles. The number of thioether (sulfide) groups is 1. The van der Waals surface area contributed by atoms with Crippen LogP contribution in [0.25, 0.3) is 0 Å². The number of halogens is 1. The molecule has 1 aromatic rings. The van der Waals surface area contributed by atoms with Gasteiger partial charge in [0.15, 0.2) is 0 Å². The van der Waals surface area contributed by atoms with Gasteiger partial charge in [0.25, 0.3) is 11.8 Å². The lowest BCUT2D eigenvalue weighted by molar-refractivity contribution is -0.179. The summed E-state index contributed by atoms with van der Waals surface area (Å²) in [6.07, 6.45) is -0.812. The standard InChI is InChI=1S/C25H33ClN6O9S2/c1-23(2,3)39-20(37)25(7,8)41-30-12(15-28-21(43-31-15)29-22(38)40-24(4,5)6)16(33)27-13-17(34)32-14(19(35)36)11(9-26)10-42-18(13)32/h13,18H,9-10H2,1-8H3,(H,27,33)(H,35,36)(H,28,29,31,38)/t13?,18-/m0/s1. The first kappa shape index (κ1) is 34.1. The Morgan fingerprint density at radius 2 is 1.72 bits per heavy atom. The topological polar surface area (TPSA) is 199 Å². The fraction of sp³-hybridized carbons (Fsp3) is 0.600. The van der Waals surface area contributed by atoms with Gasteiger partial charge in [0.2, 0.25) is 22.3 Å². The van der Waals surface area contributed by atoms with Crippen molar-refractivity contribution in [3.63, 3.8) is 0 Å². The molecule has 0 radical (unpaired) electrons. The number of β-lactam (4-membered cyclic amide) rings is 1. The molecular weight excluding hydrogens is 628 g/mol. The number of carbonyl (C=O) groups excluding carboxylic acids is 4. The Balaban J connectivity index is 1.88. The van der Waals surface area contributed by atoms with Gasteiger partial charge in [-0.1, -0.05) is 5.16 Å². The van der Waals surface area contributed by atoms with Crippen molar-refractivity contribution in [1.82, 2.24) is 19.6 Å². The fourth-order valence-electron chi connectivity index (χ4n) is 3.54. The zero-order valence-electron chi connectivity index (χ0n) is 24.8. The molecule has 0 bridgehead atoms. The van der Waals surface area contributed by atoms with E-state index in [1.807, 2.05) is 0 Å². The van der Waals surface area contributed by atoms with Crippen LogP contribution in [0, 0.1) is 0 Å². The molecule has 3 heterocycles. The summed E-state index contributed by atoms with van der Waals surface area (Å²) >= 11 is 7.82. The number of fused-ring (bicyclic) bond motifs is 1. The molecular formula is C25H33ClN6O9S2. The molecule has 3 rings (SSSR count). The molecule has 1 fully saturated rings. The predicted octanol–water partition coefficient (Wildman–Crippen LogP) is 2.70. The number of carboxylic acid groups (broad SMARTS) is 1. The van der Waals surface area contributed by atoms with E-state index < -0.39 is 63.8 Å². The summed E-state index contributed by atoms with van der Waals surface area (Å²) < 4.78 is 14.6. The van der Waals surface area contributed by atoms with Crippen molar-refractivity contribution in [1.29, 1.82) is 0 Å². The molecule has 0 saturated carbocycles. The van der Waals surface area contributed by atoms with Crippen LogP contribution in [-0.2, 0) is 33.5 Å². The first-order chi connectivity index (χ1) is 19.7. The largest absolute Gasteiger partial charge is 0.477 e. The maximum absolute atomic E-state index is 13.5. The SMILES string of the molecule is CC(C)(C)OC(=O)Nc1nc(C(=NOC(C)(C)C(=O)OC(C)(C)C)C(=O)NC2C(=O)N3C(C(=O)O)=C(CCl)CS[C@@H]23)ns1. The number of esters is 1. The van der Waals surface area contributed by atoms with E-state index >= 15 is 0 Å². The molecule has 18 heteroatoms. The monoisotopic (exact) mass is 660 g/mol. The van der Waals surface area contributed by atoms with Gasteiger partial charge in [-0.3, -0.25) is 19.8 Å². The number of rotatable bonds is 9. The molecule has 3 amide bonds. The maximum Gasteiger partial charge on any atom is 0.414 e. The number of hydrogen-bond acceptors (Lipinski definition) is 13. The summed E-state index contributed by atoms with van der Waals surface area (Å²) in [5.74, 6) is -3.82. The summed E-state index contributed by atoms with van der Waals surface area (Å²) in [6, 6.07) is -1.12. The average Bonchev–Trinajstić information content (AvgIpc) is 3.31. The van der Waals surface area contributed by atoms with Gasteiger partial charge in [-0.2, -0.15) is 9.36 Å². The van der Waals surface area contributed by atoms with Crippen molar-refractivity contribution in [3.8, 4) is 0 Å². The van der Waals surface area contributed by atoms with Crippen molar-refractivity contribution in [2.24, 2.45) is 5.16 Å². The third-order valence-electron chi connectivity index (χ3n) is 5.41. The van der Waals surface area contributed by atoms with Crippen LogP contribution in [0.15, 0.2) is 16.4 Å². The number of alkyl halides is 1. The van der Waals surface area contributed by atoms with Gasteiger partial charge in [0.05, 0.1) is 0 Å². The van der Waals surface area contributed by atoms with Crippen LogP contribution in [0.3, 0.4) is 0 Å². The molecule has 0 aromatic carbocycles. The number of aliphatic carboxylic acids is 1. The molecule has 2 aliphatic rings. The van der Waals surface area contributed by atoms with Crippen LogP contribution in [0.4, 0.5) is 9.93 Å². The van der Waals surface area contributed by atoms with Crippen molar-refractivity contribution in [2.45, 2.75) is 83.6 Å². The third kappa shape index (κ3) is 8.35. The van der Waals surface area contributed by atoms with E-state index in [0.717, 1.165) is 4.90 Å². The van der Waals surface area contributed by atoms with Gasteiger partial charge in [-0.25, -0.2) is 14.4 Å². The minimum absolute atomic E-state index is 0.0327. The normalized spacial score (nSPS) is 19.2.